The zero-order valence-electron chi connectivity index (χ0n) is 21.6. The molecule has 1 heterocycles. The van der Waals surface area contributed by atoms with E-state index in [9.17, 15) is 29.1 Å². The van der Waals surface area contributed by atoms with E-state index in [-0.39, 0.29) is 18.7 Å². The summed E-state index contributed by atoms with van der Waals surface area (Å²) in [6.07, 6.45) is 3.25. The molecule has 2 rings (SSSR count). The normalized spacial score (nSPS) is 18.1. The molecule has 1 aromatic rings. The Bertz CT molecular complexity index is 982. The second kappa shape index (κ2) is 15.6. The summed E-state index contributed by atoms with van der Waals surface area (Å²) in [4.78, 5) is 64.6. The maximum absolute atomic E-state index is 13.4. The van der Waals surface area contributed by atoms with Crippen LogP contribution in [0.5, 0.6) is 0 Å². The highest BCUT2D eigenvalue weighted by Gasteiger charge is 2.38. The first-order chi connectivity index (χ1) is 18.1. The number of amides is 4. The summed E-state index contributed by atoms with van der Waals surface area (Å²) in [6, 6.07) is 4.27. The third-order valence-electron chi connectivity index (χ3n) is 6.25. The number of benzene rings is 1. The molecule has 1 aliphatic rings. The van der Waals surface area contributed by atoms with Crippen LogP contribution in [0.15, 0.2) is 30.3 Å². The highest BCUT2D eigenvalue weighted by molar-refractivity contribution is 7.98. The molecule has 1 aromatic carbocycles. The monoisotopic (exact) mass is 567 g/mol. The van der Waals surface area contributed by atoms with E-state index in [0.717, 1.165) is 5.56 Å². The number of thiol groups is 1. The Morgan fingerprint density at radius 2 is 1.74 bits per heavy atom. The molecule has 38 heavy (non-hydrogen) atoms. The molecule has 0 radical (unpaired) electrons. The van der Waals surface area contributed by atoms with E-state index >= 15 is 0 Å². The van der Waals surface area contributed by atoms with Gasteiger partial charge in [0.25, 0.3) is 0 Å². The Balaban J connectivity index is 2.13. The maximum atomic E-state index is 13.4. The van der Waals surface area contributed by atoms with E-state index in [0.29, 0.717) is 25.0 Å². The van der Waals surface area contributed by atoms with Crippen LogP contribution < -0.4 is 21.7 Å². The van der Waals surface area contributed by atoms with Crippen LogP contribution in [0, 0.1) is 0 Å². The molecule has 0 aliphatic carbocycles. The fraction of sp³-hybridized carbons (Fsp3) is 0.560. The van der Waals surface area contributed by atoms with Gasteiger partial charge in [0.2, 0.25) is 23.6 Å². The number of carbonyl (C=O) groups excluding carboxylic acids is 4. The van der Waals surface area contributed by atoms with Gasteiger partial charge in [-0.3, -0.25) is 19.2 Å². The molecule has 5 atom stereocenters. The van der Waals surface area contributed by atoms with Crippen molar-refractivity contribution in [2.45, 2.75) is 62.8 Å². The second-order valence-corrected chi connectivity index (χ2v) is 10.5. The first-order valence-electron chi connectivity index (χ1n) is 12.4. The number of nitrogens with one attached hydrogen (secondary N) is 3. The number of carboxylic acid groups (broad SMARTS) is 1. The van der Waals surface area contributed by atoms with Crippen molar-refractivity contribution >= 4 is 54.0 Å². The van der Waals surface area contributed by atoms with E-state index in [1.165, 1.54) is 23.6 Å². The SMILES string of the molecule is CSCCC(NC(=O)C(N)CS)C(=O)NC(C)C(=O)NC(Cc1ccccc1)C(=O)N1CCCC1C(=O)O. The average Bonchev–Trinajstić information content (AvgIpc) is 3.40. The third-order valence-corrected chi connectivity index (χ3v) is 7.28. The van der Waals surface area contributed by atoms with Crippen molar-refractivity contribution in [3.8, 4) is 0 Å². The minimum atomic E-state index is -1.09. The van der Waals surface area contributed by atoms with E-state index in [2.05, 4.69) is 28.6 Å². The largest absolute Gasteiger partial charge is 0.480 e. The number of hydrogen-bond donors (Lipinski definition) is 6. The fourth-order valence-corrected chi connectivity index (χ4v) is 4.72. The van der Waals surface area contributed by atoms with Gasteiger partial charge >= 0.3 is 5.97 Å². The molecule has 11 nitrogen and oxygen atoms in total. The lowest BCUT2D eigenvalue weighted by Crippen LogP contribution is -2.58. The van der Waals surface area contributed by atoms with Crippen molar-refractivity contribution in [2.24, 2.45) is 5.73 Å². The molecular weight excluding hydrogens is 530 g/mol. The molecule has 0 bridgehead atoms. The molecule has 6 N–H and O–H groups in total. The molecule has 1 saturated heterocycles. The zero-order valence-corrected chi connectivity index (χ0v) is 23.3. The molecule has 13 heteroatoms. The molecule has 0 aromatic heterocycles. The number of rotatable bonds is 14. The van der Waals surface area contributed by atoms with Gasteiger partial charge in [-0.05, 0) is 43.8 Å². The molecule has 0 saturated carbocycles. The minimum absolute atomic E-state index is 0.109. The van der Waals surface area contributed by atoms with E-state index in [1.54, 1.807) is 12.1 Å². The number of carbonyl (C=O) groups is 5. The summed E-state index contributed by atoms with van der Waals surface area (Å²) in [5.41, 5.74) is 6.49. The van der Waals surface area contributed by atoms with Gasteiger partial charge in [0, 0.05) is 18.7 Å². The van der Waals surface area contributed by atoms with Gasteiger partial charge in [-0.1, -0.05) is 30.3 Å². The first-order valence-corrected chi connectivity index (χ1v) is 14.4. The minimum Gasteiger partial charge on any atom is -0.480 e. The van der Waals surface area contributed by atoms with Gasteiger partial charge in [-0.15, -0.1) is 0 Å². The molecule has 210 valence electrons. The van der Waals surface area contributed by atoms with Gasteiger partial charge in [-0.25, -0.2) is 4.79 Å². The molecular formula is C25H37N5O6S2. The number of thioether (sulfide) groups is 1. The fourth-order valence-electron chi connectivity index (χ4n) is 4.08. The predicted octanol–water partition coefficient (Wildman–Crippen LogP) is -0.211. The Labute approximate surface area is 232 Å². The number of hydrogen-bond acceptors (Lipinski definition) is 8. The molecule has 5 unspecified atom stereocenters. The Hall–Kier alpha value is -2.77. The van der Waals surface area contributed by atoms with Crippen LogP contribution in [0.2, 0.25) is 0 Å². The highest BCUT2D eigenvalue weighted by Crippen LogP contribution is 2.19. The smallest absolute Gasteiger partial charge is 0.326 e. The second-order valence-electron chi connectivity index (χ2n) is 9.14. The summed E-state index contributed by atoms with van der Waals surface area (Å²) >= 11 is 5.51. The van der Waals surface area contributed by atoms with Crippen LogP contribution in [0.1, 0.15) is 31.7 Å². The van der Waals surface area contributed by atoms with Crippen molar-refractivity contribution < 1.29 is 29.1 Å². The number of nitrogens with zero attached hydrogens (tertiary/aromatic N) is 1. The highest BCUT2D eigenvalue weighted by atomic mass is 32.2. The zero-order chi connectivity index (χ0) is 28.2. The van der Waals surface area contributed by atoms with Crippen molar-refractivity contribution in [3.63, 3.8) is 0 Å². The van der Waals surface area contributed by atoms with Gasteiger partial charge in [0.05, 0.1) is 6.04 Å². The van der Waals surface area contributed by atoms with Crippen molar-refractivity contribution in [1.29, 1.82) is 0 Å². The van der Waals surface area contributed by atoms with Crippen LogP contribution in [-0.2, 0) is 30.4 Å². The standard InChI is InChI=1S/C25H37N5O6S2/c1-15(27-23(33)18(10-12-38-2)28-22(32)17(26)14-37)21(31)29-19(13-16-7-4-3-5-8-16)24(34)30-11-6-9-20(30)25(35)36/h3-5,7-8,15,17-20,37H,6,9-14,26H2,1-2H3,(H,27,33)(H,28,32)(H,29,31)(H,35,36). The average molecular weight is 568 g/mol. The molecule has 1 fully saturated rings. The number of nitrogens with two attached hydrogens (primary N) is 1. The number of aliphatic carboxylic acids is 1. The quantitative estimate of drug-likeness (QED) is 0.168. The summed E-state index contributed by atoms with van der Waals surface area (Å²) < 4.78 is 0. The van der Waals surface area contributed by atoms with Gasteiger partial charge < -0.3 is 31.7 Å². The molecule has 0 spiro atoms. The molecule has 1 aliphatic heterocycles. The predicted molar refractivity (Wildman–Crippen MR) is 149 cm³/mol. The Kier molecular flexibility index (Phi) is 12.9. The third kappa shape index (κ3) is 9.21. The van der Waals surface area contributed by atoms with Crippen molar-refractivity contribution in [3.05, 3.63) is 35.9 Å². The van der Waals surface area contributed by atoms with Crippen LogP contribution in [0.25, 0.3) is 0 Å². The van der Waals surface area contributed by atoms with E-state index < -0.39 is 59.8 Å². The lowest BCUT2D eigenvalue weighted by Gasteiger charge is -2.28. The van der Waals surface area contributed by atoms with Crippen LogP contribution in [-0.4, -0.2) is 94.1 Å². The number of likely N-dealkylation sites (tertiary alicyclic amines) is 1. The van der Waals surface area contributed by atoms with Gasteiger partial charge in [-0.2, -0.15) is 24.4 Å². The van der Waals surface area contributed by atoms with E-state index in [1.807, 2.05) is 24.5 Å². The van der Waals surface area contributed by atoms with Crippen LogP contribution in [0.3, 0.4) is 0 Å². The van der Waals surface area contributed by atoms with Crippen LogP contribution >= 0.6 is 24.4 Å². The van der Waals surface area contributed by atoms with Gasteiger partial charge in [0.15, 0.2) is 0 Å². The first kappa shape index (κ1) is 31.4. The van der Waals surface area contributed by atoms with Crippen LogP contribution in [0.4, 0.5) is 0 Å². The van der Waals surface area contributed by atoms with E-state index in [4.69, 9.17) is 5.73 Å². The van der Waals surface area contributed by atoms with Gasteiger partial charge in [0.1, 0.15) is 24.2 Å². The summed E-state index contributed by atoms with van der Waals surface area (Å²) in [6.45, 7) is 1.76. The summed E-state index contributed by atoms with van der Waals surface area (Å²) in [7, 11) is 0. The lowest BCUT2D eigenvalue weighted by molar-refractivity contribution is -0.149. The Morgan fingerprint density at radius 1 is 1.08 bits per heavy atom. The number of carboxylic acids is 1. The topological polar surface area (TPSA) is 171 Å². The molecule has 4 amide bonds. The lowest BCUT2D eigenvalue weighted by atomic mass is 10.0. The van der Waals surface area contributed by atoms with Crippen molar-refractivity contribution in [1.82, 2.24) is 20.9 Å². The summed E-state index contributed by atoms with van der Waals surface area (Å²) in [5, 5.41) is 17.4. The maximum Gasteiger partial charge on any atom is 0.326 e. The summed E-state index contributed by atoms with van der Waals surface area (Å²) in [5.74, 6) is -2.57. The Morgan fingerprint density at radius 3 is 2.34 bits per heavy atom. The van der Waals surface area contributed by atoms with Crippen molar-refractivity contribution in [2.75, 3.05) is 24.3 Å².